The first kappa shape index (κ1) is 12.3. The van der Waals surface area contributed by atoms with Crippen LogP contribution in [0.15, 0.2) is 18.2 Å². The van der Waals surface area contributed by atoms with Gasteiger partial charge in [-0.3, -0.25) is 0 Å². The molecule has 2 heterocycles. The highest BCUT2D eigenvalue weighted by atomic mass is 35.5. The predicted octanol–water partition coefficient (Wildman–Crippen LogP) is 2.58. The first-order valence-corrected chi connectivity index (χ1v) is 6.95. The molecule has 4 heteroatoms. The van der Waals surface area contributed by atoms with E-state index in [4.69, 9.17) is 21.1 Å². The zero-order chi connectivity index (χ0) is 12.4. The number of rotatable bonds is 3. The van der Waals surface area contributed by atoms with Crippen LogP contribution in [-0.4, -0.2) is 32.4 Å². The third-order valence-corrected chi connectivity index (χ3v) is 3.96. The third-order valence-electron chi connectivity index (χ3n) is 3.67. The molecule has 2 aliphatic heterocycles. The fourth-order valence-electron chi connectivity index (χ4n) is 2.59. The van der Waals surface area contributed by atoms with E-state index >= 15 is 0 Å². The molecule has 2 aliphatic rings. The molecule has 0 aromatic heterocycles. The maximum absolute atomic E-state index is 6.30. The van der Waals surface area contributed by atoms with Crippen molar-refractivity contribution in [2.24, 2.45) is 0 Å². The Morgan fingerprint density at radius 2 is 2.28 bits per heavy atom. The van der Waals surface area contributed by atoms with Crippen LogP contribution < -0.4 is 10.1 Å². The fourth-order valence-corrected chi connectivity index (χ4v) is 2.82. The predicted molar refractivity (Wildman–Crippen MR) is 71.5 cm³/mol. The third kappa shape index (κ3) is 2.63. The standard InChI is InChI=1S/C14H18ClNO2/c15-13-7-10(11-3-5-16-8-11)1-2-14(13)18-12-4-6-17-9-12/h1-2,7,11-12,16H,3-6,8-9H2. The van der Waals surface area contributed by atoms with Gasteiger partial charge in [-0.05, 0) is 36.6 Å². The number of hydrogen-bond acceptors (Lipinski definition) is 3. The average molecular weight is 268 g/mol. The molecule has 2 unspecified atom stereocenters. The van der Waals surface area contributed by atoms with Gasteiger partial charge in [-0.25, -0.2) is 0 Å². The van der Waals surface area contributed by atoms with Crippen LogP contribution in [0.1, 0.15) is 24.3 Å². The SMILES string of the molecule is Clc1cc(C2CCNC2)ccc1OC1CCOC1. The second kappa shape index (κ2) is 5.47. The highest BCUT2D eigenvalue weighted by Crippen LogP contribution is 2.32. The van der Waals surface area contributed by atoms with E-state index in [9.17, 15) is 0 Å². The summed E-state index contributed by atoms with van der Waals surface area (Å²) in [6, 6.07) is 6.17. The van der Waals surface area contributed by atoms with Gasteiger partial charge in [0.15, 0.2) is 0 Å². The zero-order valence-electron chi connectivity index (χ0n) is 10.3. The molecule has 2 saturated heterocycles. The minimum atomic E-state index is 0.154. The summed E-state index contributed by atoms with van der Waals surface area (Å²) in [5.74, 6) is 1.37. The van der Waals surface area contributed by atoms with Crippen molar-refractivity contribution >= 4 is 11.6 Å². The number of nitrogens with one attached hydrogen (secondary N) is 1. The van der Waals surface area contributed by atoms with Crippen LogP contribution in [0, 0.1) is 0 Å². The van der Waals surface area contributed by atoms with Gasteiger partial charge < -0.3 is 14.8 Å². The molecule has 3 nitrogen and oxygen atoms in total. The van der Waals surface area contributed by atoms with Crippen molar-refractivity contribution in [3.8, 4) is 5.75 Å². The lowest BCUT2D eigenvalue weighted by Gasteiger charge is -2.15. The number of ether oxygens (including phenoxy) is 2. The van der Waals surface area contributed by atoms with E-state index in [-0.39, 0.29) is 6.10 Å². The van der Waals surface area contributed by atoms with E-state index in [0.717, 1.165) is 31.9 Å². The van der Waals surface area contributed by atoms with Gasteiger partial charge in [0, 0.05) is 13.0 Å². The van der Waals surface area contributed by atoms with E-state index in [1.807, 2.05) is 12.1 Å². The Kier molecular flexibility index (Phi) is 3.73. The van der Waals surface area contributed by atoms with E-state index < -0.39 is 0 Å². The van der Waals surface area contributed by atoms with Crippen molar-refractivity contribution in [2.75, 3.05) is 26.3 Å². The fraction of sp³-hybridized carbons (Fsp3) is 0.571. The molecule has 98 valence electrons. The molecule has 2 fully saturated rings. The van der Waals surface area contributed by atoms with Gasteiger partial charge in [0.25, 0.3) is 0 Å². The Hall–Kier alpha value is -0.770. The molecular formula is C14H18ClNO2. The summed E-state index contributed by atoms with van der Waals surface area (Å²) in [5, 5.41) is 4.09. The zero-order valence-corrected chi connectivity index (χ0v) is 11.1. The summed E-state index contributed by atoms with van der Waals surface area (Å²) in [6.45, 7) is 3.60. The van der Waals surface area contributed by atoms with Crippen LogP contribution >= 0.6 is 11.6 Å². The van der Waals surface area contributed by atoms with E-state index in [1.165, 1.54) is 12.0 Å². The van der Waals surface area contributed by atoms with Gasteiger partial charge in [-0.1, -0.05) is 17.7 Å². The van der Waals surface area contributed by atoms with Crippen molar-refractivity contribution in [1.82, 2.24) is 5.32 Å². The van der Waals surface area contributed by atoms with Gasteiger partial charge in [0.05, 0.1) is 18.2 Å². The Bertz CT molecular complexity index is 412. The molecule has 3 rings (SSSR count). The minimum absolute atomic E-state index is 0.154. The van der Waals surface area contributed by atoms with E-state index in [2.05, 4.69) is 11.4 Å². The Morgan fingerprint density at radius 1 is 1.33 bits per heavy atom. The van der Waals surface area contributed by atoms with Crippen LogP contribution in [0.3, 0.4) is 0 Å². The molecule has 0 aliphatic carbocycles. The minimum Gasteiger partial charge on any atom is -0.486 e. The molecular weight excluding hydrogens is 250 g/mol. The van der Waals surface area contributed by atoms with Crippen LogP contribution in [0.5, 0.6) is 5.75 Å². The topological polar surface area (TPSA) is 30.5 Å². The molecule has 1 N–H and O–H groups in total. The largest absolute Gasteiger partial charge is 0.486 e. The molecule has 0 saturated carbocycles. The van der Waals surface area contributed by atoms with Crippen LogP contribution in [0.25, 0.3) is 0 Å². The molecule has 0 spiro atoms. The monoisotopic (exact) mass is 267 g/mol. The molecule has 0 bridgehead atoms. The van der Waals surface area contributed by atoms with Crippen molar-refractivity contribution in [3.63, 3.8) is 0 Å². The summed E-state index contributed by atoms with van der Waals surface area (Å²) < 4.78 is 11.1. The maximum atomic E-state index is 6.30. The maximum Gasteiger partial charge on any atom is 0.138 e. The molecule has 0 radical (unpaired) electrons. The van der Waals surface area contributed by atoms with Crippen molar-refractivity contribution in [2.45, 2.75) is 24.9 Å². The van der Waals surface area contributed by atoms with Gasteiger partial charge >= 0.3 is 0 Å². The Morgan fingerprint density at radius 3 is 2.94 bits per heavy atom. The molecule has 1 aromatic rings. The lowest BCUT2D eigenvalue weighted by atomic mass is 9.98. The van der Waals surface area contributed by atoms with Crippen molar-refractivity contribution in [1.29, 1.82) is 0 Å². The summed E-state index contributed by atoms with van der Waals surface area (Å²) >= 11 is 6.30. The van der Waals surface area contributed by atoms with Gasteiger partial charge in [-0.2, -0.15) is 0 Å². The Balaban J connectivity index is 1.71. The Labute approximate surface area is 112 Å². The van der Waals surface area contributed by atoms with Crippen LogP contribution in [0.4, 0.5) is 0 Å². The lowest BCUT2D eigenvalue weighted by Crippen LogP contribution is -2.16. The molecule has 0 amide bonds. The highest BCUT2D eigenvalue weighted by molar-refractivity contribution is 6.32. The van der Waals surface area contributed by atoms with Crippen molar-refractivity contribution in [3.05, 3.63) is 28.8 Å². The lowest BCUT2D eigenvalue weighted by molar-refractivity contribution is 0.141. The van der Waals surface area contributed by atoms with Gasteiger partial charge in [0.1, 0.15) is 11.9 Å². The number of halogens is 1. The number of hydrogen-bond donors (Lipinski definition) is 1. The van der Waals surface area contributed by atoms with Crippen molar-refractivity contribution < 1.29 is 9.47 Å². The molecule has 1 aromatic carbocycles. The highest BCUT2D eigenvalue weighted by Gasteiger charge is 2.20. The quantitative estimate of drug-likeness (QED) is 0.913. The van der Waals surface area contributed by atoms with E-state index in [1.54, 1.807) is 0 Å². The normalized spacial score (nSPS) is 27.6. The summed E-state index contributed by atoms with van der Waals surface area (Å²) in [5.41, 5.74) is 1.31. The van der Waals surface area contributed by atoms with Crippen LogP contribution in [0.2, 0.25) is 5.02 Å². The number of benzene rings is 1. The van der Waals surface area contributed by atoms with E-state index in [0.29, 0.717) is 17.5 Å². The first-order valence-electron chi connectivity index (χ1n) is 6.57. The smallest absolute Gasteiger partial charge is 0.138 e. The first-order chi connectivity index (χ1) is 8.83. The summed E-state index contributed by atoms with van der Waals surface area (Å²) in [4.78, 5) is 0. The van der Waals surface area contributed by atoms with Crippen LogP contribution in [-0.2, 0) is 4.74 Å². The second-order valence-corrected chi connectivity index (χ2v) is 5.39. The van der Waals surface area contributed by atoms with Gasteiger partial charge in [-0.15, -0.1) is 0 Å². The average Bonchev–Trinajstić information content (AvgIpc) is 3.04. The van der Waals surface area contributed by atoms with Gasteiger partial charge in [0.2, 0.25) is 0 Å². The molecule has 2 atom stereocenters. The molecule has 18 heavy (non-hydrogen) atoms. The second-order valence-electron chi connectivity index (χ2n) is 4.98. The summed E-state index contributed by atoms with van der Waals surface area (Å²) in [7, 11) is 0. The summed E-state index contributed by atoms with van der Waals surface area (Å²) in [6.07, 6.45) is 2.29.